The second-order valence-electron chi connectivity index (χ2n) is 7.50. The summed E-state index contributed by atoms with van der Waals surface area (Å²) < 4.78 is 12.5. The first-order valence-corrected chi connectivity index (χ1v) is 10.5. The Morgan fingerprint density at radius 2 is 1.47 bits per heavy atom. The van der Waals surface area contributed by atoms with Crippen LogP contribution >= 0.6 is 0 Å². The molecule has 1 aliphatic heterocycles. The van der Waals surface area contributed by atoms with Gasteiger partial charge >= 0.3 is 0 Å². The third kappa shape index (κ3) is 3.61. The summed E-state index contributed by atoms with van der Waals surface area (Å²) in [5.41, 5.74) is 3.51. The molecule has 0 N–H and O–H groups in total. The number of hydrogen-bond acceptors (Lipinski definition) is 6. The number of imide groups is 1. The molecule has 2 heterocycles. The van der Waals surface area contributed by atoms with E-state index in [9.17, 15) is 9.59 Å². The number of methoxy groups -OCH3 is 2. The lowest BCUT2D eigenvalue weighted by molar-refractivity contribution is 0.0660. The normalized spacial score (nSPS) is 12.9. The van der Waals surface area contributed by atoms with Crippen molar-refractivity contribution >= 4 is 18.0 Å². The van der Waals surface area contributed by atoms with Crippen LogP contribution in [0.15, 0.2) is 84.1 Å². The van der Waals surface area contributed by atoms with Crippen molar-refractivity contribution in [2.45, 2.75) is 0 Å². The number of nitrogens with zero attached hydrogens (tertiary/aromatic N) is 4. The number of rotatable bonds is 6. The summed E-state index contributed by atoms with van der Waals surface area (Å²) in [6, 6.07) is 21.8. The minimum atomic E-state index is -0.458. The van der Waals surface area contributed by atoms with Gasteiger partial charge in [-0.1, -0.05) is 30.3 Å². The highest BCUT2D eigenvalue weighted by Gasteiger charge is 2.35. The molecule has 5 rings (SSSR count). The molecule has 4 aromatic rings. The standard InChI is InChI=1S/C26H20N4O4/c1-33-22-13-12-17(14-23(22)34-2)24-18(16-29(28-24)19-8-4-3-5-9-19)15-27-30-25(31)20-10-6-7-11-21(20)26(30)32/h3-16H,1-2H3/b27-15+. The Morgan fingerprint density at radius 3 is 2.12 bits per heavy atom. The van der Waals surface area contributed by atoms with Gasteiger partial charge in [-0.15, -0.1) is 0 Å². The Bertz CT molecular complexity index is 1390. The Hall–Kier alpha value is -4.72. The zero-order valence-electron chi connectivity index (χ0n) is 18.5. The number of amides is 2. The van der Waals surface area contributed by atoms with Crippen molar-refractivity contribution in [2.75, 3.05) is 14.2 Å². The van der Waals surface area contributed by atoms with Crippen LogP contribution in [-0.2, 0) is 0 Å². The molecule has 0 aliphatic carbocycles. The van der Waals surface area contributed by atoms with Crippen molar-refractivity contribution in [1.29, 1.82) is 0 Å². The number of aromatic nitrogens is 2. The first kappa shape index (κ1) is 21.1. The molecule has 0 atom stereocenters. The molecular weight excluding hydrogens is 432 g/mol. The maximum absolute atomic E-state index is 12.7. The van der Waals surface area contributed by atoms with Gasteiger partial charge in [-0.25, -0.2) is 4.68 Å². The number of carbonyl (C=O) groups is 2. The average molecular weight is 452 g/mol. The predicted octanol–water partition coefficient (Wildman–Crippen LogP) is 4.19. The van der Waals surface area contributed by atoms with Gasteiger partial charge in [-0.3, -0.25) is 9.59 Å². The zero-order chi connectivity index (χ0) is 23.7. The van der Waals surface area contributed by atoms with E-state index >= 15 is 0 Å². The molecule has 0 bridgehead atoms. The van der Waals surface area contributed by atoms with Crippen molar-refractivity contribution in [2.24, 2.45) is 5.10 Å². The lowest BCUT2D eigenvalue weighted by atomic mass is 10.1. The minimum absolute atomic E-state index is 0.338. The molecule has 34 heavy (non-hydrogen) atoms. The first-order valence-electron chi connectivity index (χ1n) is 10.5. The number of ether oxygens (including phenoxy) is 2. The van der Waals surface area contributed by atoms with Crippen molar-refractivity contribution in [1.82, 2.24) is 14.8 Å². The lowest BCUT2D eigenvalue weighted by Gasteiger charge is -2.09. The molecule has 1 aliphatic rings. The molecule has 168 valence electrons. The third-order valence-corrected chi connectivity index (χ3v) is 5.51. The van der Waals surface area contributed by atoms with E-state index in [2.05, 4.69) is 5.10 Å². The van der Waals surface area contributed by atoms with Crippen LogP contribution in [0.4, 0.5) is 0 Å². The topological polar surface area (TPSA) is 86.0 Å². The number of hydrogen-bond donors (Lipinski definition) is 0. The summed E-state index contributed by atoms with van der Waals surface area (Å²) >= 11 is 0. The third-order valence-electron chi connectivity index (χ3n) is 5.51. The molecule has 0 saturated carbocycles. The van der Waals surface area contributed by atoms with Gasteiger partial charge in [0.15, 0.2) is 11.5 Å². The summed E-state index contributed by atoms with van der Waals surface area (Å²) in [4.78, 5) is 25.4. The van der Waals surface area contributed by atoms with Crippen LogP contribution in [0.2, 0.25) is 0 Å². The maximum atomic E-state index is 12.7. The Kier molecular flexibility index (Phi) is 5.39. The fourth-order valence-corrected chi connectivity index (χ4v) is 3.80. The van der Waals surface area contributed by atoms with E-state index in [1.807, 2.05) is 42.5 Å². The Morgan fingerprint density at radius 1 is 0.824 bits per heavy atom. The first-order chi connectivity index (χ1) is 16.6. The van der Waals surface area contributed by atoms with E-state index in [0.717, 1.165) is 16.3 Å². The van der Waals surface area contributed by atoms with E-state index in [-0.39, 0.29) is 0 Å². The predicted molar refractivity (Wildman–Crippen MR) is 127 cm³/mol. The molecule has 0 spiro atoms. The minimum Gasteiger partial charge on any atom is -0.493 e. The smallest absolute Gasteiger partial charge is 0.282 e. The second-order valence-corrected chi connectivity index (χ2v) is 7.50. The molecule has 0 unspecified atom stereocenters. The van der Waals surface area contributed by atoms with Gasteiger partial charge in [0.05, 0.1) is 37.2 Å². The highest BCUT2D eigenvalue weighted by Crippen LogP contribution is 2.33. The number of hydrazone groups is 1. The molecular formula is C26H20N4O4. The monoisotopic (exact) mass is 452 g/mol. The number of para-hydroxylation sites is 1. The summed E-state index contributed by atoms with van der Waals surface area (Å²) in [7, 11) is 3.14. The van der Waals surface area contributed by atoms with Gasteiger partial charge in [0.2, 0.25) is 0 Å². The van der Waals surface area contributed by atoms with E-state index in [1.165, 1.54) is 6.21 Å². The van der Waals surface area contributed by atoms with Gasteiger partial charge in [-0.2, -0.15) is 15.2 Å². The molecule has 0 saturated heterocycles. The maximum Gasteiger partial charge on any atom is 0.282 e. The van der Waals surface area contributed by atoms with Crippen molar-refractivity contribution in [3.63, 3.8) is 0 Å². The van der Waals surface area contributed by atoms with Gasteiger partial charge in [0, 0.05) is 17.3 Å². The number of fused-ring (bicyclic) bond motifs is 1. The van der Waals surface area contributed by atoms with E-state index in [4.69, 9.17) is 14.6 Å². The SMILES string of the molecule is COc1ccc(-c2nn(-c3ccccc3)cc2/C=N/N2C(=O)c3ccccc3C2=O)cc1OC. The second kappa shape index (κ2) is 8.67. The van der Waals surface area contributed by atoms with E-state index in [1.54, 1.807) is 55.4 Å². The van der Waals surface area contributed by atoms with Gasteiger partial charge in [0.1, 0.15) is 5.69 Å². The average Bonchev–Trinajstić information content (AvgIpc) is 3.42. The molecule has 3 aromatic carbocycles. The van der Waals surface area contributed by atoms with Crippen LogP contribution in [0.25, 0.3) is 16.9 Å². The molecule has 2 amide bonds. The largest absolute Gasteiger partial charge is 0.493 e. The molecule has 8 heteroatoms. The summed E-state index contributed by atoms with van der Waals surface area (Å²) in [5.74, 6) is 0.229. The van der Waals surface area contributed by atoms with Crippen LogP contribution in [-0.4, -0.2) is 47.0 Å². The van der Waals surface area contributed by atoms with Crippen molar-refractivity contribution in [3.8, 4) is 28.4 Å². The summed E-state index contributed by atoms with van der Waals surface area (Å²) in [6.45, 7) is 0. The number of benzene rings is 3. The molecule has 0 fully saturated rings. The van der Waals surface area contributed by atoms with Gasteiger partial charge in [-0.05, 0) is 42.5 Å². The fourth-order valence-electron chi connectivity index (χ4n) is 3.80. The molecule has 1 aromatic heterocycles. The Balaban J connectivity index is 1.57. The summed E-state index contributed by atoms with van der Waals surface area (Å²) in [5, 5.41) is 9.86. The van der Waals surface area contributed by atoms with Crippen LogP contribution in [0.3, 0.4) is 0 Å². The highest BCUT2D eigenvalue weighted by molar-refractivity contribution is 6.21. The highest BCUT2D eigenvalue weighted by atomic mass is 16.5. The van der Waals surface area contributed by atoms with Gasteiger partial charge < -0.3 is 9.47 Å². The van der Waals surface area contributed by atoms with Crippen LogP contribution in [0.5, 0.6) is 11.5 Å². The Labute approximate surface area is 195 Å². The number of carbonyl (C=O) groups excluding carboxylic acids is 2. The molecule has 8 nitrogen and oxygen atoms in total. The summed E-state index contributed by atoms with van der Waals surface area (Å²) in [6.07, 6.45) is 3.27. The fraction of sp³-hybridized carbons (Fsp3) is 0.0769. The van der Waals surface area contributed by atoms with E-state index in [0.29, 0.717) is 33.9 Å². The van der Waals surface area contributed by atoms with Crippen molar-refractivity contribution in [3.05, 3.63) is 95.7 Å². The molecule has 0 radical (unpaired) electrons. The van der Waals surface area contributed by atoms with Crippen molar-refractivity contribution < 1.29 is 19.1 Å². The zero-order valence-corrected chi connectivity index (χ0v) is 18.5. The quantitative estimate of drug-likeness (QED) is 0.324. The van der Waals surface area contributed by atoms with E-state index < -0.39 is 11.8 Å². The van der Waals surface area contributed by atoms with Gasteiger partial charge in [0.25, 0.3) is 11.8 Å². The van der Waals surface area contributed by atoms with Crippen LogP contribution < -0.4 is 9.47 Å². The van der Waals surface area contributed by atoms with Crippen LogP contribution in [0.1, 0.15) is 26.3 Å². The van der Waals surface area contributed by atoms with Crippen LogP contribution in [0, 0.1) is 0 Å². The lowest BCUT2D eigenvalue weighted by Crippen LogP contribution is -2.24.